The maximum atomic E-state index is 12.4. The van der Waals surface area contributed by atoms with E-state index in [1.807, 2.05) is 38.2 Å². The molecule has 1 atom stereocenters. The Bertz CT molecular complexity index is 617. The van der Waals surface area contributed by atoms with Crippen molar-refractivity contribution < 1.29 is 9.21 Å². The fourth-order valence-corrected chi connectivity index (χ4v) is 2.58. The van der Waals surface area contributed by atoms with Crippen molar-refractivity contribution in [1.82, 2.24) is 10.2 Å². The molecule has 1 aromatic carbocycles. The van der Waals surface area contributed by atoms with Gasteiger partial charge in [0.2, 0.25) is 0 Å². The van der Waals surface area contributed by atoms with Crippen LogP contribution in [0.4, 0.5) is 0 Å². The van der Waals surface area contributed by atoms with Crippen LogP contribution in [0, 0.1) is 6.92 Å². The molecule has 0 saturated carbocycles. The second kappa shape index (κ2) is 5.85. The molecular weight excluding hydrogens is 276 g/mol. The molecule has 1 amide bonds. The quantitative estimate of drug-likeness (QED) is 0.926. The van der Waals surface area contributed by atoms with Crippen LogP contribution in [0.25, 0.3) is 11.0 Å². The number of fused-ring (bicyclic) bond motifs is 1. The molecular formula is C15H19ClN2O2. The summed E-state index contributed by atoms with van der Waals surface area (Å²) >= 11 is 0. The van der Waals surface area contributed by atoms with Gasteiger partial charge in [0.25, 0.3) is 5.91 Å². The van der Waals surface area contributed by atoms with Gasteiger partial charge in [0.15, 0.2) is 5.76 Å². The van der Waals surface area contributed by atoms with Gasteiger partial charge in [-0.25, -0.2) is 0 Å². The minimum Gasteiger partial charge on any atom is -0.451 e. The van der Waals surface area contributed by atoms with Crippen molar-refractivity contribution in [2.75, 3.05) is 20.1 Å². The Hall–Kier alpha value is -1.52. The maximum Gasteiger partial charge on any atom is 0.289 e. The van der Waals surface area contributed by atoms with Crippen LogP contribution in [0.1, 0.15) is 22.5 Å². The number of carbonyl (C=O) groups is 1. The first-order valence-electron chi connectivity index (χ1n) is 6.63. The Kier molecular flexibility index (Phi) is 4.35. The highest BCUT2D eigenvalue weighted by atomic mass is 35.5. The van der Waals surface area contributed by atoms with E-state index in [4.69, 9.17) is 4.42 Å². The van der Waals surface area contributed by atoms with Crippen LogP contribution in [0.2, 0.25) is 0 Å². The molecule has 1 unspecified atom stereocenters. The van der Waals surface area contributed by atoms with Gasteiger partial charge in [-0.2, -0.15) is 0 Å². The maximum absolute atomic E-state index is 12.4. The Morgan fingerprint density at radius 3 is 2.90 bits per heavy atom. The average molecular weight is 295 g/mol. The molecule has 108 valence electrons. The van der Waals surface area contributed by atoms with Crippen molar-refractivity contribution in [3.05, 3.63) is 35.6 Å². The number of furan rings is 1. The highest BCUT2D eigenvalue weighted by molar-refractivity contribution is 5.96. The zero-order valence-corrected chi connectivity index (χ0v) is 12.5. The average Bonchev–Trinajstić information content (AvgIpc) is 3.05. The molecule has 1 saturated heterocycles. The monoisotopic (exact) mass is 294 g/mol. The van der Waals surface area contributed by atoms with Gasteiger partial charge in [0.05, 0.1) is 0 Å². The van der Waals surface area contributed by atoms with Crippen LogP contribution in [-0.2, 0) is 0 Å². The third-order valence-electron chi connectivity index (χ3n) is 3.78. The number of halogens is 1. The molecule has 2 heterocycles. The molecule has 20 heavy (non-hydrogen) atoms. The standard InChI is InChI=1S/C15H18N2O2.ClH/c1-10-3-4-13-11(7-10)8-14(19-13)15(18)17(2)12-5-6-16-9-12;/h3-4,7-8,12,16H,5-6,9H2,1-2H3;1H. The van der Waals surface area contributed by atoms with Crippen LogP contribution < -0.4 is 5.32 Å². The number of hydrogen-bond donors (Lipinski definition) is 1. The van der Waals surface area contributed by atoms with E-state index in [2.05, 4.69) is 5.32 Å². The highest BCUT2D eigenvalue weighted by Gasteiger charge is 2.26. The van der Waals surface area contributed by atoms with Crippen LogP contribution in [0.15, 0.2) is 28.7 Å². The van der Waals surface area contributed by atoms with Crippen molar-refractivity contribution in [1.29, 1.82) is 0 Å². The summed E-state index contributed by atoms with van der Waals surface area (Å²) in [6.07, 6.45) is 1.00. The Morgan fingerprint density at radius 2 is 2.20 bits per heavy atom. The zero-order chi connectivity index (χ0) is 13.4. The summed E-state index contributed by atoms with van der Waals surface area (Å²) in [5.74, 6) is 0.387. The molecule has 5 heteroatoms. The first-order chi connectivity index (χ1) is 9.15. The SMILES string of the molecule is Cc1ccc2oc(C(=O)N(C)C3CCNC3)cc2c1.Cl. The number of hydrogen-bond acceptors (Lipinski definition) is 3. The summed E-state index contributed by atoms with van der Waals surface area (Å²) in [4.78, 5) is 14.2. The fourth-order valence-electron chi connectivity index (χ4n) is 2.58. The molecule has 0 spiro atoms. The predicted molar refractivity (Wildman–Crippen MR) is 81.6 cm³/mol. The minimum atomic E-state index is -0.0393. The predicted octanol–water partition coefficient (Wildman–Crippen LogP) is 2.60. The zero-order valence-electron chi connectivity index (χ0n) is 11.7. The molecule has 1 N–H and O–H groups in total. The molecule has 0 bridgehead atoms. The van der Waals surface area contributed by atoms with E-state index in [-0.39, 0.29) is 24.4 Å². The fraction of sp³-hybridized carbons (Fsp3) is 0.400. The van der Waals surface area contributed by atoms with Crippen molar-refractivity contribution in [2.24, 2.45) is 0 Å². The number of aryl methyl sites for hydroxylation is 1. The summed E-state index contributed by atoms with van der Waals surface area (Å²) in [6.45, 7) is 3.87. The van der Waals surface area contributed by atoms with Crippen molar-refractivity contribution in [2.45, 2.75) is 19.4 Å². The van der Waals surface area contributed by atoms with Crippen molar-refractivity contribution in [3.8, 4) is 0 Å². The van der Waals surface area contributed by atoms with Crippen molar-refractivity contribution in [3.63, 3.8) is 0 Å². The minimum absolute atomic E-state index is 0. The van der Waals surface area contributed by atoms with E-state index < -0.39 is 0 Å². The largest absolute Gasteiger partial charge is 0.451 e. The van der Waals surface area contributed by atoms with Gasteiger partial charge >= 0.3 is 0 Å². The third-order valence-corrected chi connectivity index (χ3v) is 3.78. The summed E-state index contributed by atoms with van der Waals surface area (Å²) in [6, 6.07) is 8.04. The van der Waals surface area contributed by atoms with Crippen LogP contribution in [0.5, 0.6) is 0 Å². The highest BCUT2D eigenvalue weighted by Crippen LogP contribution is 2.22. The first kappa shape index (κ1) is 14.9. The number of likely N-dealkylation sites (N-methyl/N-ethyl adjacent to an activating group) is 1. The van der Waals surface area contributed by atoms with Crippen molar-refractivity contribution >= 4 is 29.3 Å². The molecule has 2 aromatic rings. The van der Waals surface area contributed by atoms with E-state index in [1.54, 1.807) is 4.90 Å². The van der Waals surface area contributed by atoms with Gasteiger partial charge in [-0.05, 0) is 38.1 Å². The van der Waals surface area contributed by atoms with E-state index in [1.165, 1.54) is 5.56 Å². The second-order valence-electron chi connectivity index (χ2n) is 5.21. The summed E-state index contributed by atoms with van der Waals surface area (Å²) in [5, 5.41) is 4.26. The first-order valence-corrected chi connectivity index (χ1v) is 6.63. The number of nitrogens with zero attached hydrogens (tertiary/aromatic N) is 1. The Morgan fingerprint density at radius 1 is 1.40 bits per heavy atom. The number of amides is 1. The molecule has 4 nitrogen and oxygen atoms in total. The summed E-state index contributed by atoms with van der Waals surface area (Å²) in [7, 11) is 1.85. The summed E-state index contributed by atoms with van der Waals surface area (Å²) in [5.41, 5.74) is 1.94. The third kappa shape index (κ3) is 2.67. The van der Waals surface area contributed by atoms with Gasteiger partial charge in [-0.3, -0.25) is 4.79 Å². The normalized spacial score (nSPS) is 18.0. The number of carbonyl (C=O) groups excluding carboxylic acids is 1. The van der Waals surface area contributed by atoms with Gasteiger partial charge in [0, 0.05) is 25.0 Å². The van der Waals surface area contributed by atoms with E-state index in [0.717, 1.165) is 30.5 Å². The Balaban J connectivity index is 0.00000147. The molecule has 0 aliphatic carbocycles. The van der Waals surface area contributed by atoms with Gasteiger partial charge in [0.1, 0.15) is 5.58 Å². The lowest BCUT2D eigenvalue weighted by Gasteiger charge is -2.22. The number of nitrogens with one attached hydrogen (secondary N) is 1. The topological polar surface area (TPSA) is 45.5 Å². The van der Waals surface area contributed by atoms with E-state index >= 15 is 0 Å². The van der Waals surface area contributed by atoms with Crippen LogP contribution >= 0.6 is 12.4 Å². The van der Waals surface area contributed by atoms with Crippen LogP contribution in [-0.4, -0.2) is 37.0 Å². The molecule has 3 rings (SSSR count). The van der Waals surface area contributed by atoms with Crippen LogP contribution in [0.3, 0.4) is 0 Å². The number of benzene rings is 1. The van der Waals surface area contributed by atoms with E-state index in [9.17, 15) is 4.79 Å². The summed E-state index contributed by atoms with van der Waals surface area (Å²) < 4.78 is 5.65. The lowest BCUT2D eigenvalue weighted by atomic mass is 10.2. The molecule has 1 fully saturated rings. The lowest BCUT2D eigenvalue weighted by molar-refractivity contribution is 0.0714. The lowest BCUT2D eigenvalue weighted by Crippen LogP contribution is -2.38. The smallest absolute Gasteiger partial charge is 0.289 e. The number of rotatable bonds is 2. The van der Waals surface area contributed by atoms with Gasteiger partial charge < -0.3 is 14.6 Å². The Labute approximate surface area is 124 Å². The molecule has 1 aliphatic rings. The molecule has 0 radical (unpaired) electrons. The molecule has 1 aliphatic heterocycles. The second-order valence-corrected chi connectivity index (χ2v) is 5.21. The molecule has 1 aromatic heterocycles. The van der Waals surface area contributed by atoms with Gasteiger partial charge in [-0.15, -0.1) is 12.4 Å². The van der Waals surface area contributed by atoms with E-state index in [0.29, 0.717) is 5.76 Å². The van der Waals surface area contributed by atoms with Gasteiger partial charge in [-0.1, -0.05) is 11.6 Å².